The number of halogens is 1. The van der Waals surface area contributed by atoms with Crippen molar-refractivity contribution in [3.8, 4) is 0 Å². The van der Waals surface area contributed by atoms with Gasteiger partial charge in [0, 0.05) is 43.7 Å². The van der Waals surface area contributed by atoms with Gasteiger partial charge in [0.1, 0.15) is 5.01 Å². The molecule has 0 bridgehead atoms. The van der Waals surface area contributed by atoms with E-state index in [4.69, 9.17) is 0 Å². The Kier molecular flexibility index (Phi) is 7.31. The fourth-order valence-electron chi connectivity index (χ4n) is 3.59. The molecule has 1 amide bonds. The maximum absolute atomic E-state index is 12.4. The van der Waals surface area contributed by atoms with E-state index in [1.54, 1.807) is 11.3 Å². The van der Waals surface area contributed by atoms with Gasteiger partial charge in [-0.1, -0.05) is 19.3 Å². The molecule has 1 aromatic rings. The molecule has 23 heavy (non-hydrogen) atoms. The SMILES string of the molecule is Cc1csc(CN2CCN(C(=O)CC3CCCCC3)CC2)n1.Cl. The van der Waals surface area contributed by atoms with Crippen LogP contribution in [0.15, 0.2) is 5.38 Å². The zero-order valence-electron chi connectivity index (χ0n) is 14.0. The molecular formula is C17H28ClN3OS. The van der Waals surface area contributed by atoms with Crippen molar-refractivity contribution in [2.24, 2.45) is 5.92 Å². The van der Waals surface area contributed by atoms with E-state index < -0.39 is 0 Å². The van der Waals surface area contributed by atoms with E-state index in [2.05, 4.69) is 20.2 Å². The van der Waals surface area contributed by atoms with Crippen molar-refractivity contribution in [1.29, 1.82) is 0 Å². The highest BCUT2D eigenvalue weighted by atomic mass is 35.5. The number of aryl methyl sites for hydroxylation is 1. The molecule has 2 aliphatic rings. The van der Waals surface area contributed by atoms with E-state index in [0.717, 1.165) is 44.8 Å². The standard InChI is InChI=1S/C17H27N3OS.ClH/c1-14-13-22-16(18-14)12-19-7-9-20(10-8-19)17(21)11-15-5-3-2-4-6-15;/h13,15H,2-12H2,1H3;1H. The number of thiazole rings is 1. The van der Waals surface area contributed by atoms with Gasteiger partial charge in [-0.2, -0.15) is 0 Å². The van der Waals surface area contributed by atoms with Gasteiger partial charge in [0.15, 0.2) is 0 Å². The van der Waals surface area contributed by atoms with Crippen LogP contribution in [0.3, 0.4) is 0 Å². The highest BCUT2D eigenvalue weighted by Gasteiger charge is 2.24. The molecule has 130 valence electrons. The number of carbonyl (C=O) groups is 1. The summed E-state index contributed by atoms with van der Waals surface area (Å²) in [5.41, 5.74) is 1.11. The fourth-order valence-corrected chi connectivity index (χ4v) is 4.40. The highest BCUT2D eigenvalue weighted by Crippen LogP contribution is 2.27. The molecule has 2 fully saturated rings. The van der Waals surface area contributed by atoms with Crippen molar-refractivity contribution < 1.29 is 4.79 Å². The van der Waals surface area contributed by atoms with E-state index in [-0.39, 0.29) is 12.4 Å². The molecule has 1 aliphatic heterocycles. The van der Waals surface area contributed by atoms with Crippen LogP contribution in [0, 0.1) is 12.8 Å². The van der Waals surface area contributed by atoms with Gasteiger partial charge < -0.3 is 4.90 Å². The summed E-state index contributed by atoms with van der Waals surface area (Å²) in [4.78, 5) is 21.5. The minimum Gasteiger partial charge on any atom is -0.340 e. The summed E-state index contributed by atoms with van der Waals surface area (Å²) < 4.78 is 0. The summed E-state index contributed by atoms with van der Waals surface area (Å²) in [6, 6.07) is 0. The van der Waals surface area contributed by atoms with Gasteiger partial charge in [0.05, 0.1) is 6.54 Å². The minimum absolute atomic E-state index is 0. The van der Waals surface area contributed by atoms with Crippen LogP contribution >= 0.6 is 23.7 Å². The van der Waals surface area contributed by atoms with Crippen LogP contribution in [0.5, 0.6) is 0 Å². The first-order valence-corrected chi connectivity index (χ1v) is 9.50. The van der Waals surface area contributed by atoms with E-state index in [9.17, 15) is 4.79 Å². The van der Waals surface area contributed by atoms with Crippen LogP contribution in [0.2, 0.25) is 0 Å². The summed E-state index contributed by atoms with van der Waals surface area (Å²) in [5, 5.41) is 3.30. The summed E-state index contributed by atoms with van der Waals surface area (Å²) in [5.74, 6) is 1.04. The van der Waals surface area contributed by atoms with E-state index >= 15 is 0 Å². The lowest BCUT2D eigenvalue weighted by molar-refractivity contribution is -0.134. The topological polar surface area (TPSA) is 36.4 Å². The fraction of sp³-hybridized carbons (Fsp3) is 0.765. The number of hydrogen-bond acceptors (Lipinski definition) is 4. The molecule has 1 saturated carbocycles. The number of amides is 1. The predicted molar refractivity (Wildman–Crippen MR) is 97.1 cm³/mol. The molecule has 0 unspecified atom stereocenters. The number of aromatic nitrogens is 1. The molecular weight excluding hydrogens is 330 g/mol. The summed E-state index contributed by atoms with van der Waals surface area (Å²) in [6.07, 6.45) is 7.30. The van der Waals surface area contributed by atoms with Gasteiger partial charge in [-0.15, -0.1) is 23.7 Å². The van der Waals surface area contributed by atoms with E-state index in [0.29, 0.717) is 11.8 Å². The second kappa shape index (κ2) is 9.00. The second-order valence-corrected chi connectivity index (χ2v) is 7.69. The van der Waals surface area contributed by atoms with Crippen LogP contribution < -0.4 is 0 Å². The van der Waals surface area contributed by atoms with E-state index in [1.807, 2.05) is 6.92 Å². The van der Waals surface area contributed by atoms with Gasteiger partial charge >= 0.3 is 0 Å². The average molecular weight is 358 g/mol. The van der Waals surface area contributed by atoms with Crippen molar-refractivity contribution >= 4 is 29.7 Å². The van der Waals surface area contributed by atoms with Gasteiger partial charge in [-0.05, 0) is 25.7 Å². The third-order valence-electron chi connectivity index (χ3n) is 4.94. The van der Waals surface area contributed by atoms with Crippen molar-refractivity contribution in [2.75, 3.05) is 26.2 Å². The lowest BCUT2D eigenvalue weighted by Gasteiger charge is -2.35. The molecule has 0 aromatic carbocycles. The lowest BCUT2D eigenvalue weighted by Crippen LogP contribution is -2.48. The Balaban J connectivity index is 0.00000192. The third-order valence-corrected chi connectivity index (χ3v) is 5.89. The largest absolute Gasteiger partial charge is 0.340 e. The zero-order valence-corrected chi connectivity index (χ0v) is 15.6. The predicted octanol–water partition coefficient (Wildman–Crippen LogP) is 3.49. The molecule has 0 atom stereocenters. The molecule has 6 heteroatoms. The number of rotatable bonds is 4. The van der Waals surface area contributed by atoms with Crippen molar-refractivity contribution in [1.82, 2.24) is 14.8 Å². The zero-order chi connectivity index (χ0) is 15.4. The first-order chi connectivity index (χ1) is 10.7. The Morgan fingerprint density at radius 1 is 1.22 bits per heavy atom. The molecule has 0 radical (unpaired) electrons. The number of carbonyl (C=O) groups excluding carboxylic acids is 1. The lowest BCUT2D eigenvalue weighted by atomic mass is 9.86. The Labute approximate surface area is 149 Å². The first kappa shape index (κ1) is 18.7. The molecule has 1 saturated heterocycles. The maximum Gasteiger partial charge on any atom is 0.222 e. The normalized spacial score (nSPS) is 20.3. The van der Waals surface area contributed by atoms with Crippen molar-refractivity contribution in [3.05, 3.63) is 16.1 Å². The number of hydrogen-bond donors (Lipinski definition) is 0. The van der Waals surface area contributed by atoms with Gasteiger partial charge in [-0.25, -0.2) is 4.98 Å². The van der Waals surface area contributed by atoms with Crippen molar-refractivity contribution in [2.45, 2.75) is 52.0 Å². The smallest absolute Gasteiger partial charge is 0.222 e. The minimum atomic E-state index is 0. The monoisotopic (exact) mass is 357 g/mol. The van der Waals surface area contributed by atoms with Crippen LogP contribution in [-0.4, -0.2) is 46.9 Å². The van der Waals surface area contributed by atoms with Crippen LogP contribution in [0.1, 0.15) is 49.2 Å². The van der Waals surface area contributed by atoms with Gasteiger partial charge in [-0.3, -0.25) is 9.69 Å². The summed E-state index contributed by atoms with van der Waals surface area (Å²) >= 11 is 1.74. The third kappa shape index (κ3) is 5.44. The highest BCUT2D eigenvalue weighted by molar-refractivity contribution is 7.09. The maximum atomic E-state index is 12.4. The molecule has 1 aliphatic carbocycles. The van der Waals surface area contributed by atoms with E-state index in [1.165, 1.54) is 37.1 Å². The molecule has 4 nitrogen and oxygen atoms in total. The van der Waals surface area contributed by atoms with Crippen LogP contribution in [0.25, 0.3) is 0 Å². The summed E-state index contributed by atoms with van der Waals surface area (Å²) in [7, 11) is 0. The summed E-state index contributed by atoms with van der Waals surface area (Å²) in [6.45, 7) is 6.71. The Morgan fingerprint density at radius 2 is 1.91 bits per heavy atom. The molecule has 2 heterocycles. The second-order valence-electron chi connectivity index (χ2n) is 6.75. The Morgan fingerprint density at radius 3 is 2.52 bits per heavy atom. The molecule has 3 rings (SSSR count). The molecule has 1 aromatic heterocycles. The van der Waals surface area contributed by atoms with Gasteiger partial charge in [0.2, 0.25) is 5.91 Å². The van der Waals surface area contributed by atoms with Gasteiger partial charge in [0.25, 0.3) is 0 Å². The van der Waals surface area contributed by atoms with Crippen LogP contribution in [-0.2, 0) is 11.3 Å². The Bertz CT molecular complexity index is 494. The van der Waals surface area contributed by atoms with Crippen LogP contribution in [0.4, 0.5) is 0 Å². The van der Waals surface area contributed by atoms with Crippen molar-refractivity contribution in [3.63, 3.8) is 0 Å². The quantitative estimate of drug-likeness (QED) is 0.827. The molecule has 0 spiro atoms. The molecule has 0 N–H and O–H groups in total. The number of piperazine rings is 1. The average Bonchev–Trinajstić information content (AvgIpc) is 2.94. The first-order valence-electron chi connectivity index (χ1n) is 8.62. The Hall–Kier alpha value is -0.650. The number of nitrogens with zero attached hydrogens (tertiary/aromatic N) is 3.